The van der Waals surface area contributed by atoms with Crippen LogP contribution in [0.1, 0.15) is 22.7 Å². The number of halogens is 3. The highest BCUT2D eigenvalue weighted by Crippen LogP contribution is 2.31. The van der Waals surface area contributed by atoms with Crippen molar-refractivity contribution in [3.63, 3.8) is 0 Å². The normalized spacial score (nSPS) is 12.5. The summed E-state index contributed by atoms with van der Waals surface area (Å²) in [5.74, 6) is 0. The minimum Gasteiger partial charge on any atom is -0.309 e. The molecule has 0 aliphatic heterocycles. The largest absolute Gasteiger partial charge is 0.309 e. The molecule has 0 amide bonds. The van der Waals surface area contributed by atoms with Crippen molar-refractivity contribution in [1.82, 2.24) is 5.32 Å². The molecule has 100 valence electrons. The number of hydrogen-bond donors (Lipinski definition) is 1. The van der Waals surface area contributed by atoms with Crippen LogP contribution in [0.5, 0.6) is 0 Å². The Morgan fingerprint density at radius 3 is 2.26 bits per heavy atom. The SMILES string of the molecule is CNC(c1cc(C)cc(Cl)c1)c1ccc(Cl)cc1Cl. The predicted molar refractivity (Wildman–Crippen MR) is 83.6 cm³/mol. The van der Waals surface area contributed by atoms with Crippen LogP contribution in [0.3, 0.4) is 0 Å². The summed E-state index contributed by atoms with van der Waals surface area (Å²) in [5.41, 5.74) is 3.18. The zero-order valence-electron chi connectivity index (χ0n) is 10.7. The van der Waals surface area contributed by atoms with Crippen molar-refractivity contribution in [3.05, 3.63) is 68.2 Å². The van der Waals surface area contributed by atoms with Crippen LogP contribution in [-0.4, -0.2) is 7.05 Å². The first-order valence-corrected chi connectivity index (χ1v) is 7.04. The first-order chi connectivity index (χ1) is 9.01. The van der Waals surface area contributed by atoms with Crippen molar-refractivity contribution >= 4 is 34.8 Å². The Labute approximate surface area is 128 Å². The summed E-state index contributed by atoms with van der Waals surface area (Å²) in [6.45, 7) is 2.02. The molecule has 4 heteroatoms. The molecule has 1 N–H and O–H groups in total. The maximum Gasteiger partial charge on any atom is 0.0589 e. The van der Waals surface area contributed by atoms with Crippen LogP contribution in [-0.2, 0) is 0 Å². The molecule has 1 nitrogen and oxygen atoms in total. The molecule has 0 heterocycles. The Hall–Kier alpha value is -0.730. The van der Waals surface area contributed by atoms with E-state index in [-0.39, 0.29) is 6.04 Å². The highest BCUT2D eigenvalue weighted by molar-refractivity contribution is 6.35. The third-order valence-electron chi connectivity index (χ3n) is 2.96. The summed E-state index contributed by atoms with van der Waals surface area (Å²) in [5, 5.41) is 5.26. The van der Waals surface area contributed by atoms with E-state index in [9.17, 15) is 0 Å². The molecule has 0 saturated carbocycles. The molecule has 0 spiro atoms. The van der Waals surface area contributed by atoms with Crippen LogP contribution < -0.4 is 5.32 Å². The van der Waals surface area contributed by atoms with Gasteiger partial charge in [-0.3, -0.25) is 0 Å². The first kappa shape index (κ1) is 14.7. The lowest BCUT2D eigenvalue weighted by Crippen LogP contribution is -2.18. The quantitative estimate of drug-likeness (QED) is 0.814. The fourth-order valence-electron chi connectivity index (χ4n) is 2.17. The summed E-state index contributed by atoms with van der Waals surface area (Å²) >= 11 is 18.3. The average molecular weight is 315 g/mol. The number of benzene rings is 2. The van der Waals surface area contributed by atoms with Gasteiger partial charge < -0.3 is 5.32 Å². The standard InChI is InChI=1S/C15H14Cl3N/c1-9-5-10(7-12(17)6-9)15(19-2)13-4-3-11(16)8-14(13)18/h3-8,15,19H,1-2H3. The van der Waals surface area contributed by atoms with E-state index in [2.05, 4.69) is 11.4 Å². The Morgan fingerprint density at radius 2 is 1.68 bits per heavy atom. The molecule has 2 rings (SSSR count). The van der Waals surface area contributed by atoms with E-state index in [0.717, 1.165) is 21.7 Å². The van der Waals surface area contributed by atoms with Gasteiger partial charge in [-0.05, 0) is 54.9 Å². The smallest absolute Gasteiger partial charge is 0.0589 e. The third-order valence-corrected chi connectivity index (χ3v) is 3.74. The maximum atomic E-state index is 6.28. The van der Waals surface area contributed by atoms with Gasteiger partial charge in [0.15, 0.2) is 0 Å². The number of aryl methyl sites for hydroxylation is 1. The third kappa shape index (κ3) is 3.43. The summed E-state index contributed by atoms with van der Waals surface area (Å²) in [6.07, 6.45) is 0. The van der Waals surface area contributed by atoms with Crippen molar-refractivity contribution in [3.8, 4) is 0 Å². The minimum absolute atomic E-state index is 0.0119. The van der Waals surface area contributed by atoms with Crippen molar-refractivity contribution in [2.45, 2.75) is 13.0 Å². The molecule has 0 aromatic heterocycles. The molecule has 0 aliphatic carbocycles. The van der Waals surface area contributed by atoms with E-state index in [1.165, 1.54) is 0 Å². The Morgan fingerprint density at radius 1 is 0.947 bits per heavy atom. The van der Waals surface area contributed by atoms with Gasteiger partial charge in [0.05, 0.1) is 6.04 Å². The van der Waals surface area contributed by atoms with E-state index in [0.29, 0.717) is 10.0 Å². The zero-order chi connectivity index (χ0) is 14.0. The number of rotatable bonds is 3. The second-order valence-electron chi connectivity index (χ2n) is 4.45. The molecule has 19 heavy (non-hydrogen) atoms. The lowest BCUT2D eigenvalue weighted by atomic mass is 9.97. The van der Waals surface area contributed by atoms with E-state index in [4.69, 9.17) is 34.8 Å². The monoisotopic (exact) mass is 313 g/mol. The Balaban J connectivity index is 2.49. The van der Waals surface area contributed by atoms with Crippen molar-refractivity contribution < 1.29 is 0 Å². The van der Waals surface area contributed by atoms with Gasteiger partial charge in [-0.1, -0.05) is 46.9 Å². The van der Waals surface area contributed by atoms with Crippen LogP contribution in [0.15, 0.2) is 36.4 Å². The first-order valence-electron chi connectivity index (χ1n) is 5.90. The Bertz CT molecular complexity index is 576. The van der Waals surface area contributed by atoms with Crippen molar-refractivity contribution in [1.29, 1.82) is 0 Å². The number of hydrogen-bond acceptors (Lipinski definition) is 1. The van der Waals surface area contributed by atoms with Gasteiger partial charge in [0.2, 0.25) is 0 Å². The second kappa shape index (κ2) is 6.15. The molecule has 2 aromatic carbocycles. The minimum atomic E-state index is -0.0119. The summed E-state index contributed by atoms with van der Waals surface area (Å²) < 4.78 is 0. The van der Waals surface area contributed by atoms with Crippen LogP contribution in [0, 0.1) is 6.92 Å². The maximum absolute atomic E-state index is 6.28. The predicted octanol–water partition coefficient (Wildman–Crippen LogP) is 5.26. The summed E-state index contributed by atoms with van der Waals surface area (Å²) in [6, 6.07) is 11.5. The second-order valence-corrected chi connectivity index (χ2v) is 5.73. The molecule has 0 bridgehead atoms. The molecule has 1 atom stereocenters. The molecule has 0 fully saturated rings. The fraction of sp³-hybridized carbons (Fsp3) is 0.200. The van der Waals surface area contributed by atoms with Gasteiger partial charge in [-0.15, -0.1) is 0 Å². The molecule has 1 unspecified atom stereocenters. The van der Waals surface area contributed by atoms with Gasteiger partial charge in [0.25, 0.3) is 0 Å². The Kier molecular flexibility index (Phi) is 4.75. The van der Waals surface area contributed by atoms with Crippen LogP contribution in [0.25, 0.3) is 0 Å². The molecular weight excluding hydrogens is 301 g/mol. The topological polar surface area (TPSA) is 12.0 Å². The molecule has 0 aliphatic rings. The van der Waals surface area contributed by atoms with Gasteiger partial charge in [-0.2, -0.15) is 0 Å². The van der Waals surface area contributed by atoms with Crippen molar-refractivity contribution in [2.24, 2.45) is 0 Å². The van der Waals surface area contributed by atoms with Crippen LogP contribution in [0.4, 0.5) is 0 Å². The van der Waals surface area contributed by atoms with E-state index in [1.54, 1.807) is 6.07 Å². The highest BCUT2D eigenvalue weighted by atomic mass is 35.5. The van der Waals surface area contributed by atoms with Gasteiger partial charge >= 0.3 is 0 Å². The fourth-order valence-corrected chi connectivity index (χ4v) is 2.98. The van der Waals surface area contributed by atoms with Gasteiger partial charge in [-0.25, -0.2) is 0 Å². The van der Waals surface area contributed by atoms with Gasteiger partial charge in [0, 0.05) is 15.1 Å². The lowest BCUT2D eigenvalue weighted by Gasteiger charge is -2.19. The molecule has 0 radical (unpaired) electrons. The van der Waals surface area contributed by atoms with E-state index < -0.39 is 0 Å². The van der Waals surface area contributed by atoms with Crippen molar-refractivity contribution in [2.75, 3.05) is 7.05 Å². The molecule has 2 aromatic rings. The molecular formula is C15H14Cl3N. The highest BCUT2D eigenvalue weighted by Gasteiger charge is 2.16. The average Bonchev–Trinajstić information content (AvgIpc) is 2.31. The number of nitrogens with one attached hydrogen (secondary N) is 1. The van der Waals surface area contributed by atoms with Crippen LogP contribution >= 0.6 is 34.8 Å². The zero-order valence-corrected chi connectivity index (χ0v) is 12.9. The van der Waals surface area contributed by atoms with E-state index >= 15 is 0 Å². The van der Waals surface area contributed by atoms with Gasteiger partial charge in [0.1, 0.15) is 0 Å². The summed E-state index contributed by atoms with van der Waals surface area (Å²) in [4.78, 5) is 0. The summed E-state index contributed by atoms with van der Waals surface area (Å²) in [7, 11) is 1.89. The van der Waals surface area contributed by atoms with E-state index in [1.807, 2.05) is 38.2 Å². The molecule has 0 saturated heterocycles. The van der Waals surface area contributed by atoms with Crippen LogP contribution in [0.2, 0.25) is 15.1 Å². The lowest BCUT2D eigenvalue weighted by molar-refractivity contribution is 0.691.